The fraction of sp³-hybridized carbons (Fsp3) is 0.294. The van der Waals surface area contributed by atoms with Crippen molar-refractivity contribution in [3.05, 3.63) is 58.6 Å². The molecule has 20 heavy (non-hydrogen) atoms. The van der Waals surface area contributed by atoms with Crippen LogP contribution in [0.25, 0.3) is 11.1 Å². The molecular formula is C17H17BrNO. The summed E-state index contributed by atoms with van der Waals surface area (Å²) in [7, 11) is 0. The zero-order valence-electron chi connectivity index (χ0n) is 11.3. The summed E-state index contributed by atoms with van der Waals surface area (Å²) in [5.41, 5.74) is 3.73. The van der Waals surface area contributed by atoms with Gasteiger partial charge in [0, 0.05) is 24.1 Å². The van der Waals surface area contributed by atoms with Crippen molar-refractivity contribution in [1.82, 2.24) is 4.90 Å². The van der Waals surface area contributed by atoms with Crippen LogP contribution in [0, 0.1) is 6.07 Å². The standard InChI is InChI=1S/C17H17BrNO/c18-16-6-7-17(14-4-2-1-3-5-14)15(12-16)13-19-8-10-20-11-9-19/h1-6,12H,8-11,13H2. The molecule has 0 aliphatic carbocycles. The molecule has 0 unspecified atom stereocenters. The summed E-state index contributed by atoms with van der Waals surface area (Å²) in [6.07, 6.45) is 0. The molecule has 1 aliphatic heterocycles. The van der Waals surface area contributed by atoms with Gasteiger partial charge in [0.25, 0.3) is 0 Å². The van der Waals surface area contributed by atoms with Crippen molar-refractivity contribution in [2.75, 3.05) is 26.3 Å². The predicted molar refractivity (Wildman–Crippen MR) is 84.5 cm³/mol. The molecule has 2 aromatic rings. The second kappa shape index (κ2) is 6.53. The van der Waals surface area contributed by atoms with Crippen LogP contribution in [0.3, 0.4) is 0 Å². The fourth-order valence-electron chi connectivity index (χ4n) is 2.51. The SMILES string of the molecule is Brc1c[c]c(-c2ccccc2)c(CN2CCOCC2)c1. The van der Waals surface area contributed by atoms with Gasteiger partial charge in [-0.15, -0.1) is 0 Å². The lowest BCUT2D eigenvalue weighted by atomic mass is 9.99. The van der Waals surface area contributed by atoms with E-state index in [0.717, 1.165) is 37.3 Å². The van der Waals surface area contributed by atoms with Crippen LogP contribution >= 0.6 is 15.9 Å². The Hall–Kier alpha value is -1.16. The van der Waals surface area contributed by atoms with Crippen LogP contribution in [-0.2, 0) is 11.3 Å². The van der Waals surface area contributed by atoms with E-state index < -0.39 is 0 Å². The van der Waals surface area contributed by atoms with Crippen LogP contribution in [0.4, 0.5) is 0 Å². The van der Waals surface area contributed by atoms with Gasteiger partial charge in [-0.05, 0) is 34.9 Å². The molecule has 1 fully saturated rings. The Morgan fingerprint density at radius 2 is 1.90 bits per heavy atom. The lowest BCUT2D eigenvalue weighted by Gasteiger charge is -2.27. The summed E-state index contributed by atoms with van der Waals surface area (Å²) in [5, 5.41) is 0. The molecule has 0 spiro atoms. The highest BCUT2D eigenvalue weighted by molar-refractivity contribution is 9.10. The molecule has 3 heteroatoms. The average Bonchev–Trinajstić information content (AvgIpc) is 2.49. The Balaban J connectivity index is 1.90. The topological polar surface area (TPSA) is 12.5 Å². The number of halogens is 1. The Bertz CT molecular complexity index is 564. The molecule has 0 N–H and O–H groups in total. The molecular weight excluding hydrogens is 314 g/mol. The number of rotatable bonds is 3. The lowest BCUT2D eigenvalue weighted by molar-refractivity contribution is 0.0342. The van der Waals surface area contributed by atoms with E-state index in [2.05, 4.69) is 57.2 Å². The monoisotopic (exact) mass is 330 g/mol. The molecule has 3 rings (SSSR count). The normalized spacial score (nSPS) is 16.2. The van der Waals surface area contributed by atoms with E-state index in [4.69, 9.17) is 4.74 Å². The number of ether oxygens (including phenoxy) is 1. The van der Waals surface area contributed by atoms with Gasteiger partial charge < -0.3 is 4.74 Å². The second-order valence-electron chi connectivity index (χ2n) is 4.97. The smallest absolute Gasteiger partial charge is 0.0594 e. The van der Waals surface area contributed by atoms with Gasteiger partial charge in [0.1, 0.15) is 0 Å². The van der Waals surface area contributed by atoms with E-state index in [1.54, 1.807) is 0 Å². The summed E-state index contributed by atoms with van der Waals surface area (Å²) in [6, 6.07) is 18.1. The molecule has 2 nitrogen and oxygen atoms in total. The number of hydrogen-bond donors (Lipinski definition) is 0. The van der Waals surface area contributed by atoms with E-state index in [1.807, 2.05) is 12.1 Å². The third-order valence-corrected chi connectivity index (χ3v) is 4.01. The molecule has 1 aliphatic rings. The highest BCUT2D eigenvalue weighted by atomic mass is 79.9. The van der Waals surface area contributed by atoms with Crippen LogP contribution < -0.4 is 0 Å². The van der Waals surface area contributed by atoms with Crippen molar-refractivity contribution in [3.63, 3.8) is 0 Å². The molecule has 1 radical (unpaired) electrons. The van der Waals surface area contributed by atoms with Crippen molar-refractivity contribution >= 4 is 15.9 Å². The van der Waals surface area contributed by atoms with Crippen LogP contribution in [0.2, 0.25) is 0 Å². The molecule has 0 atom stereocenters. The lowest BCUT2D eigenvalue weighted by Crippen LogP contribution is -2.35. The highest BCUT2D eigenvalue weighted by Gasteiger charge is 2.14. The van der Waals surface area contributed by atoms with Gasteiger partial charge in [-0.3, -0.25) is 4.90 Å². The quantitative estimate of drug-likeness (QED) is 0.849. The van der Waals surface area contributed by atoms with E-state index in [0.29, 0.717) is 0 Å². The number of nitrogens with zero attached hydrogens (tertiary/aromatic N) is 1. The minimum absolute atomic E-state index is 0.832. The average molecular weight is 331 g/mol. The summed E-state index contributed by atoms with van der Waals surface area (Å²) >= 11 is 3.56. The fourth-order valence-corrected chi connectivity index (χ4v) is 2.90. The van der Waals surface area contributed by atoms with Crippen molar-refractivity contribution in [2.45, 2.75) is 6.54 Å². The first-order valence-electron chi connectivity index (χ1n) is 6.88. The third kappa shape index (κ3) is 3.29. The summed E-state index contributed by atoms with van der Waals surface area (Å²) in [6.45, 7) is 4.61. The summed E-state index contributed by atoms with van der Waals surface area (Å²) in [4.78, 5) is 2.44. The van der Waals surface area contributed by atoms with Crippen LogP contribution in [0.1, 0.15) is 5.56 Å². The second-order valence-corrected chi connectivity index (χ2v) is 5.89. The Morgan fingerprint density at radius 3 is 2.65 bits per heavy atom. The van der Waals surface area contributed by atoms with Crippen molar-refractivity contribution < 1.29 is 4.74 Å². The zero-order chi connectivity index (χ0) is 13.8. The minimum atomic E-state index is 0.832. The van der Waals surface area contributed by atoms with Crippen LogP contribution in [-0.4, -0.2) is 31.2 Å². The Kier molecular flexibility index (Phi) is 4.51. The first-order chi connectivity index (χ1) is 9.83. The van der Waals surface area contributed by atoms with E-state index >= 15 is 0 Å². The molecule has 0 amide bonds. The number of benzene rings is 2. The molecule has 1 saturated heterocycles. The van der Waals surface area contributed by atoms with Gasteiger partial charge in [-0.1, -0.05) is 46.3 Å². The minimum Gasteiger partial charge on any atom is -0.379 e. The van der Waals surface area contributed by atoms with E-state index in [-0.39, 0.29) is 0 Å². The summed E-state index contributed by atoms with van der Waals surface area (Å²) < 4.78 is 6.50. The molecule has 103 valence electrons. The Labute approximate surface area is 128 Å². The first-order valence-corrected chi connectivity index (χ1v) is 7.68. The molecule has 2 aromatic carbocycles. The summed E-state index contributed by atoms with van der Waals surface area (Å²) in [5.74, 6) is 0. The van der Waals surface area contributed by atoms with Crippen molar-refractivity contribution in [2.24, 2.45) is 0 Å². The highest BCUT2D eigenvalue weighted by Crippen LogP contribution is 2.27. The van der Waals surface area contributed by atoms with Gasteiger partial charge in [0.2, 0.25) is 0 Å². The van der Waals surface area contributed by atoms with Gasteiger partial charge in [-0.2, -0.15) is 0 Å². The number of hydrogen-bond acceptors (Lipinski definition) is 2. The van der Waals surface area contributed by atoms with Crippen LogP contribution in [0.5, 0.6) is 0 Å². The maximum Gasteiger partial charge on any atom is 0.0594 e. The van der Waals surface area contributed by atoms with Crippen molar-refractivity contribution in [1.29, 1.82) is 0 Å². The van der Waals surface area contributed by atoms with Gasteiger partial charge >= 0.3 is 0 Å². The number of morpholine rings is 1. The molecule has 0 saturated carbocycles. The van der Waals surface area contributed by atoms with Crippen molar-refractivity contribution in [3.8, 4) is 11.1 Å². The third-order valence-electron chi connectivity index (χ3n) is 3.55. The first kappa shape index (κ1) is 13.8. The van der Waals surface area contributed by atoms with E-state index in [1.165, 1.54) is 16.7 Å². The zero-order valence-corrected chi connectivity index (χ0v) is 12.9. The van der Waals surface area contributed by atoms with E-state index in [9.17, 15) is 0 Å². The predicted octanol–water partition coefficient (Wildman–Crippen LogP) is 3.75. The largest absolute Gasteiger partial charge is 0.379 e. The molecule has 0 aromatic heterocycles. The van der Waals surface area contributed by atoms with Gasteiger partial charge in [-0.25, -0.2) is 0 Å². The molecule has 1 heterocycles. The maximum atomic E-state index is 5.42. The Morgan fingerprint density at radius 1 is 1.15 bits per heavy atom. The van der Waals surface area contributed by atoms with Gasteiger partial charge in [0.05, 0.1) is 13.2 Å². The molecule has 0 bridgehead atoms. The maximum absolute atomic E-state index is 5.42. The van der Waals surface area contributed by atoms with Crippen LogP contribution in [0.15, 0.2) is 46.9 Å². The van der Waals surface area contributed by atoms with Gasteiger partial charge in [0.15, 0.2) is 0 Å².